The summed E-state index contributed by atoms with van der Waals surface area (Å²) in [7, 11) is 0. The Balaban J connectivity index is 2.57. The summed E-state index contributed by atoms with van der Waals surface area (Å²) in [5, 5.41) is 3.43. The molecule has 0 aromatic heterocycles. The summed E-state index contributed by atoms with van der Waals surface area (Å²) >= 11 is 0. The Kier molecular flexibility index (Phi) is 6.67. The molecule has 0 radical (unpaired) electrons. The zero-order valence-electron chi connectivity index (χ0n) is 10.9. The van der Waals surface area contributed by atoms with Crippen molar-refractivity contribution >= 4 is 0 Å². The van der Waals surface area contributed by atoms with Crippen molar-refractivity contribution in [2.24, 2.45) is 5.73 Å². The Hall–Kier alpha value is -1.06. The minimum atomic E-state index is 0.246. The molecule has 17 heavy (non-hydrogen) atoms. The van der Waals surface area contributed by atoms with Gasteiger partial charge in [-0.3, -0.25) is 0 Å². The van der Waals surface area contributed by atoms with Crippen LogP contribution in [0.4, 0.5) is 0 Å². The van der Waals surface area contributed by atoms with E-state index in [0.29, 0.717) is 6.54 Å². The predicted octanol–water partition coefficient (Wildman–Crippen LogP) is 2.47. The van der Waals surface area contributed by atoms with Crippen molar-refractivity contribution in [3.63, 3.8) is 0 Å². The van der Waals surface area contributed by atoms with Crippen LogP contribution < -0.4 is 15.8 Å². The maximum absolute atomic E-state index is 5.77. The maximum atomic E-state index is 5.77. The van der Waals surface area contributed by atoms with Crippen LogP contribution in [-0.2, 0) is 0 Å². The van der Waals surface area contributed by atoms with E-state index in [1.54, 1.807) is 0 Å². The minimum absolute atomic E-state index is 0.246. The molecule has 1 unspecified atom stereocenters. The van der Waals surface area contributed by atoms with Crippen LogP contribution in [0.1, 0.15) is 38.3 Å². The second-order valence-corrected chi connectivity index (χ2v) is 4.16. The zero-order valence-corrected chi connectivity index (χ0v) is 10.9. The average Bonchev–Trinajstić information content (AvgIpc) is 2.38. The maximum Gasteiger partial charge on any atom is 0.119 e. The van der Waals surface area contributed by atoms with Gasteiger partial charge in [0.2, 0.25) is 0 Å². The lowest BCUT2D eigenvalue weighted by Gasteiger charge is -2.17. The van der Waals surface area contributed by atoms with Crippen LogP contribution in [0.15, 0.2) is 24.3 Å². The van der Waals surface area contributed by atoms with E-state index < -0.39 is 0 Å². The monoisotopic (exact) mass is 236 g/mol. The SMILES string of the molecule is CCCNC(CN)c1ccc(OCCC)cc1. The van der Waals surface area contributed by atoms with E-state index in [0.717, 1.165) is 31.7 Å². The van der Waals surface area contributed by atoms with Gasteiger partial charge in [-0.2, -0.15) is 0 Å². The molecule has 3 N–H and O–H groups in total. The Morgan fingerprint density at radius 3 is 2.41 bits per heavy atom. The Labute approximate surface area is 104 Å². The number of nitrogens with two attached hydrogens (primary N) is 1. The number of rotatable bonds is 8. The standard InChI is InChI=1S/C14H24N2O/c1-3-9-16-14(11-15)12-5-7-13(8-6-12)17-10-4-2/h5-8,14,16H,3-4,9-11,15H2,1-2H3. The van der Waals surface area contributed by atoms with E-state index >= 15 is 0 Å². The first kappa shape index (κ1) is 14.0. The van der Waals surface area contributed by atoms with Gasteiger partial charge in [0.1, 0.15) is 5.75 Å². The van der Waals surface area contributed by atoms with Crippen molar-refractivity contribution < 1.29 is 4.74 Å². The van der Waals surface area contributed by atoms with Crippen molar-refractivity contribution in [3.05, 3.63) is 29.8 Å². The van der Waals surface area contributed by atoms with Crippen LogP contribution in [0.5, 0.6) is 5.75 Å². The molecule has 0 aliphatic rings. The fourth-order valence-corrected chi connectivity index (χ4v) is 1.67. The van der Waals surface area contributed by atoms with Crippen molar-refractivity contribution in [1.82, 2.24) is 5.32 Å². The van der Waals surface area contributed by atoms with E-state index in [4.69, 9.17) is 10.5 Å². The summed E-state index contributed by atoms with van der Waals surface area (Å²) in [5.74, 6) is 0.932. The van der Waals surface area contributed by atoms with Crippen LogP contribution in [0.25, 0.3) is 0 Å². The first-order valence-corrected chi connectivity index (χ1v) is 6.48. The lowest BCUT2D eigenvalue weighted by molar-refractivity contribution is 0.317. The van der Waals surface area contributed by atoms with E-state index in [1.165, 1.54) is 5.56 Å². The number of benzene rings is 1. The van der Waals surface area contributed by atoms with Gasteiger partial charge in [-0.15, -0.1) is 0 Å². The molecule has 1 atom stereocenters. The lowest BCUT2D eigenvalue weighted by Crippen LogP contribution is -2.28. The molecule has 0 aliphatic heterocycles. The lowest BCUT2D eigenvalue weighted by atomic mass is 10.1. The van der Waals surface area contributed by atoms with Crippen LogP contribution >= 0.6 is 0 Å². The third kappa shape index (κ3) is 4.75. The van der Waals surface area contributed by atoms with Crippen LogP contribution in [0.2, 0.25) is 0 Å². The molecule has 0 saturated carbocycles. The number of ether oxygens (including phenoxy) is 1. The molecule has 0 bridgehead atoms. The Morgan fingerprint density at radius 2 is 1.88 bits per heavy atom. The Bertz CT molecular complexity index is 298. The van der Waals surface area contributed by atoms with Crippen LogP contribution in [-0.4, -0.2) is 19.7 Å². The molecular formula is C14H24N2O. The second-order valence-electron chi connectivity index (χ2n) is 4.16. The number of hydrogen-bond donors (Lipinski definition) is 2. The van der Waals surface area contributed by atoms with Gasteiger partial charge in [-0.05, 0) is 37.1 Å². The van der Waals surface area contributed by atoms with Gasteiger partial charge in [-0.1, -0.05) is 26.0 Å². The molecule has 1 aromatic rings. The van der Waals surface area contributed by atoms with Gasteiger partial charge in [0.25, 0.3) is 0 Å². The first-order chi connectivity index (χ1) is 8.31. The third-order valence-electron chi connectivity index (χ3n) is 2.63. The molecule has 0 saturated heterocycles. The molecule has 1 aromatic carbocycles. The minimum Gasteiger partial charge on any atom is -0.494 e. The van der Waals surface area contributed by atoms with E-state index in [1.807, 2.05) is 12.1 Å². The molecule has 0 fully saturated rings. The summed E-state index contributed by atoms with van der Waals surface area (Å²) in [6, 6.07) is 8.45. The van der Waals surface area contributed by atoms with Crippen LogP contribution in [0.3, 0.4) is 0 Å². The van der Waals surface area contributed by atoms with Crippen molar-refractivity contribution in [1.29, 1.82) is 0 Å². The number of nitrogens with one attached hydrogen (secondary N) is 1. The van der Waals surface area contributed by atoms with E-state index in [2.05, 4.69) is 31.3 Å². The third-order valence-corrected chi connectivity index (χ3v) is 2.63. The van der Waals surface area contributed by atoms with Gasteiger partial charge in [0.15, 0.2) is 0 Å². The fourth-order valence-electron chi connectivity index (χ4n) is 1.67. The average molecular weight is 236 g/mol. The number of hydrogen-bond acceptors (Lipinski definition) is 3. The quantitative estimate of drug-likeness (QED) is 0.729. The molecule has 1 rings (SSSR count). The second kappa shape index (κ2) is 8.09. The molecule has 3 nitrogen and oxygen atoms in total. The molecular weight excluding hydrogens is 212 g/mol. The summed E-state index contributed by atoms with van der Waals surface area (Å²) < 4.78 is 5.55. The highest BCUT2D eigenvalue weighted by molar-refractivity contribution is 5.29. The largest absolute Gasteiger partial charge is 0.494 e. The highest BCUT2D eigenvalue weighted by Crippen LogP contribution is 2.17. The fraction of sp³-hybridized carbons (Fsp3) is 0.571. The molecule has 3 heteroatoms. The normalized spacial score (nSPS) is 12.4. The van der Waals surface area contributed by atoms with Crippen molar-refractivity contribution in [2.45, 2.75) is 32.7 Å². The van der Waals surface area contributed by atoms with Gasteiger partial charge >= 0.3 is 0 Å². The summed E-state index contributed by atoms with van der Waals surface area (Å²) in [5.41, 5.74) is 7.00. The summed E-state index contributed by atoms with van der Waals surface area (Å²) in [6.07, 6.45) is 2.15. The summed E-state index contributed by atoms with van der Waals surface area (Å²) in [6.45, 7) is 6.65. The summed E-state index contributed by atoms with van der Waals surface area (Å²) in [4.78, 5) is 0. The highest BCUT2D eigenvalue weighted by atomic mass is 16.5. The smallest absolute Gasteiger partial charge is 0.119 e. The van der Waals surface area contributed by atoms with Gasteiger partial charge in [0.05, 0.1) is 6.61 Å². The predicted molar refractivity (Wildman–Crippen MR) is 72.3 cm³/mol. The topological polar surface area (TPSA) is 47.3 Å². The molecule has 0 amide bonds. The van der Waals surface area contributed by atoms with E-state index in [9.17, 15) is 0 Å². The van der Waals surface area contributed by atoms with Crippen LogP contribution in [0, 0.1) is 0 Å². The molecule has 96 valence electrons. The zero-order chi connectivity index (χ0) is 12.5. The molecule has 0 aliphatic carbocycles. The Morgan fingerprint density at radius 1 is 1.18 bits per heavy atom. The molecule has 0 spiro atoms. The molecule has 0 heterocycles. The van der Waals surface area contributed by atoms with Gasteiger partial charge in [0, 0.05) is 12.6 Å². The van der Waals surface area contributed by atoms with Gasteiger partial charge in [-0.25, -0.2) is 0 Å². The first-order valence-electron chi connectivity index (χ1n) is 6.48. The van der Waals surface area contributed by atoms with E-state index in [-0.39, 0.29) is 6.04 Å². The highest BCUT2D eigenvalue weighted by Gasteiger charge is 2.07. The van der Waals surface area contributed by atoms with Crippen molar-refractivity contribution in [2.75, 3.05) is 19.7 Å². The van der Waals surface area contributed by atoms with Gasteiger partial charge < -0.3 is 15.8 Å². The van der Waals surface area contributed by atoms with Crippen molar-refractivity contribution in [3.8, 4) is 5.75 Å².